The van der Waals surface area contributed by atoms with Crippen molar-refractivity contribution in [2.45, 2.75) is 45.1 Å². The van der Waals surface area contributed by atoms with E-state index in [-0.39, 0.29) is 6.42 Å². The molecule has 1 atom stereocenters. The van der Waals surface area contributed by atoms with E-state index in [0.29, 0.717) is 12.0 Å². The van der Waals surface area contributed by atoms with Gasteiger partial charge in [0.2, 0.25) is 0 Å². The van der Waals surface area contributed by atoms with Gasteiger partial charge in [-0.15, -0.1) is 0 Å². The monoisotopic (exact) mass is 228 g/mol. The molecule has 0 aliphatic rings. The van der Waals surface area contributed by atoms with Crippen molar-refractivity contribution in [3.8, 4) is 0 Å². The van der Waals surface area contributed by atoms with E-state index in [1.165, 1.54) is 12.1 Å². The molecule has 1 aromatic carbocycles. The molecule has 1 nitrogen and oxygen atoms in total. The van der Waals surface area contributed by atoms with Crippen LogP contribution < -0.4 is 0 Å². The third kappa shape index (κ3) is 4.27. The van der Waals surface area contributed by atoms with Gasteiger partial charge in [0.15, 0.2) is 0 Å². The van der Waals surface area contributed by atoms with Crippen molar-refractivity contribution in [3.05, 3.63) is 35.4 Å². The fourth-order valence-electron chi connectivity index (χ4n) is 1.67. The SMILES string of the molecule is CCCCCC(O)Cc1ccc(F)cc1F. The molecule has 90 valence electrons. The first-order chi connectivity index (χ1) is 7.63. The summed E-state index contributed by atoms with van der Waals surface area (Å²) in [6, 6.07) is 3.47. The number of halogens is 2. The fraction of sp³-hybridized carbons (Fsp3) is 0.538. The Bertz CT molecular complexity index is 326. The summed E-state index contributed by atoms with van der Waals surface area (Å²) in [6.07, 6.45) is 3.51. The second kappa shape index (κ2) is 6.59. The van der Waals surface area contributed by atoms with Crippen molar-refractivity contribution < 1.29 is 13.9 Å². The van der Waals surface area contributed by atoms with Crippen molar-refractivity contribution in [1.29, 1.82) is 0 Å². The average Bonchev–Trinajstić information content (AvgIpc) is 2.23. The van der Waals surface area contributed by atoms with Crippen LogP contribution in [0.1, 0.15) is 38.2 Å². The van der Waals surface area contributed by atoms with Crippen LogP contribution in [-0.4, -0.2) is 11.2 Å². The summed E-state index contributed by atoms with van der Waals surface area (Å²) >= 11 is 0. The highest BCUT2D eigenvalue weighted by Gasteiger charge is 2.09. The summed E-state index contributed by atoms with van der Waals surface area (Å²) in [6.45, 7) is 2.09. The number of aliphatic hydroxyl groups is 1. The molecule has 0 amide bonds. The van der Waals surface area contributed by atoms with Crippen LogP contribution in [-0.2, 0) is 6.42 Å². The first-order valence-corrected chi connectivity index (χ1v) is 5.75. The summed E-state index contributed by atoms with van der Waals surface area (Å²) in [7, 11) is 0. The summed E-state index contributed by atoms with van der Waals surface area (Å²) in [5.74, 6) is -1.16. The van der Waals surface area contributed by atoms with Crippen LogP contribution in [0.15, 0.2) is 18.2 Å². The number of unbranched alkanes of at least 4 members (excludes halogenated alkanes) is 2. The molecule has 0 heterocycles. The topological polar surface area (TPSA) is 20.2 Å². The van der Waals surface area contributed by atoms with Crippen LogP contribution in [0.25, 0.3) is 0 Å². The molecule has 0 saturated carbocycles. The largest absolute Gasteiger partial charge is 0.393 e. The lowest BCUT2D eigenvalue weighted by atomic mass is 10.0. The summed E-state index contributed by atoms with van der Waals surface area (Å²) < 4.78 is 25.9. The Labute approximate surface area is 95.1 Å². The molecule has 0 radical (unpaired) electrons. The number of benzene rings is 1. The van der Waals surface area contributed by atoms with Gasteiger partial charge in [0.1, 0.15) is 11.6 Å². The molecule has 3 heteroatoms. The van der Waals surface area contributed by atoms with E-state index >= 15 is 0 Å². The van der Waals surface area contributed by atoms with Gasteiger partial charge in [-0.05, 0) is 18.1 Å². The van der Waals surface area contributed by atoms with Gasteiger partial charge < -0.3 is 5.11 Å². The molecular weight excluding hydrogens is 210 g/mol. The molecular formula is C13H18F2O. The second-order valence-corrected chi connectivity index (χ2v) is 4.09. The molecule has 1 rings (SSSR count). The van der Waals surface area contributed by atoms with Crippen LogP contribution in [0.5, 0.6) is 0 Å². The highest BCUT2D eigenvalue weighted by molar-refractivity contribution is 5.19. The third-order valence-corrected chi connectivity index (χ3v) is 2.61. The summed E-state index contributed by atoms with van der Waals surface area (Å²) in [5.41, 5.74) is 0.380. The molecule has 1 N–H and O–H groups in total. The Morgan fingerprint density at radius 3 is 2.62 bits per heavy atom. The van der Waals surface area contributed by atoms with Gasteiger partial charge in [0.25, 0.3) is 0 Å². The van der Waals surface area contributed by atoms with E-state index in [9.17, 15) is 13.9 Å². The van der Waals surface area contributed by atoms with Gasteiger partial charge in [0, 0.05) is 12.5 Å². The van der Waals surface area contributed by atoms with Gasteiger partial charge in [0.05, 0.1) is 6.10 Å². The zero-order valence-electron chi connectivity index (χ0n) is 9.55. The van der Waals surface area contributed by atoms with Crippen molar-refractivity contribution in [2.75, 3.05) is 0 Å². The van der Waals surface area contributed by atoms with Crippen molar-refractivity contribution in [2.24, 2.45) is 0 Å². The van der Waals surface area contributed by atoms with Crippen LogP contribution in [0, 0.1) is 11.6 Å². The minimum atomic E-state index is -0.582. The number of rotatable bonds is 6. The molecule has 0 aliphatic heterocycles. The molecule has 0 fully saturated rings. The van der Waals surface area contributed by atoms with Crippen LogP contribution in [0.2, 0.25) is 0 Å². The van der Waals surface area contributed by atoms with Gasteiger partial charge >= 0.3 is 0 Å². The standard InChI is InChI=1S/C13H18F2O/c1-2-3-4-5-12(16)8-10-6-7-11(14)9-13(10)15/h6-7,9,12,16H,2-5,8H2,1H3. The Morgan fingerprint density at radius 2 is 2.00 bits per heavy atom. The average molecular weight is 228 g/mol. The first kappa shape index (κ1) is 13.1. The zero-order chi connectivity index (χ0) is 12.0. The smallest absolute Gasteiger partial charge is 0.129 e. The van der Waals surface area contributed by atoms with Crippen molar-refractivity contribution >= 4 is 0 Å². The normalized spacial score (nSPS) is 12.8. The van der Waals surface area contributed by atoms with E-state index in [4.69, 9.17) is 0 Å². The lowest BCUT2D eigenvalue weighted by molar-refractivity contribution is 0.160. The van der Waals surface area contributed by atoms with E-state index < -0.39 is 17.7 Å². The maximum absolute atomic E-state index is 13.2. The van der Waals surface area contributed by atoms with Crippen molar-refractivity contribution in [3.63, 3.8) is 0 Å². The van der Waals surface area contributed by atoms with Crippen LogP contribution in [0.4, 0.5) is 8.78 Å². The van der Waals surface area contributed by atoms with Gasteiger partial charge in [-0.1, -0.05) is 32.3 Å². The Kier molecular flexibility index (Phi) is 5.39. The van der Waals surface area contributed by atoms with E-state index in [1.54, 1.807) is 0 Å². The molecule has 0 saturated heterocycles. The van der Waals surface area contributed by atoms with Gasteiger partial charge in [-0.3, -0.25) is 0 Å². The maximum Gasteiger partial charge on any atom is 0.129 e. The third-order valence-electron chi connectivity index (χ3n) is 2.61. The molecule has 0 aliphatic carbocycles. The summed E-state index contributed by atoms with van der Waals surface area (Å²) in [4.78, 5) is 0. The zero-order valence-corrected chi connectivity index (χ0v) is 9.55. The van der Waals surface area contributed by atoms with Crippen LogP contribution >= 0.6 is 0 Å². The lowest BCUT2D eigenvalue weighted by Crippen LogP contribution is -2.11. The predicted molar refractivity (Wildman–Crippen MR) is 60.2 cm³/mol. The Balaban J connectivity index is 2.46. The maximum atomic E-state index is 13.2. The highest BCUT2D eigenvalue weighted by atomic mass is 19.1. The van der Waals surface area contributed by atoms with E-state index in [2.05, 4.69) is 6.92 Å². The predicted octanol–water partition coefficient (Wildman–Crippen LogP) is 3.45. The van der Waals surface area contributed by atoms with Crippen molar-refractivity contribution in [1.82, 2.24) is 0 Å². The van der Waals surface area contributed by atoms with Gasteiger partial charge in [-0.2, -0.15) is 0 Å². The first-order valence-electron chi connectivity index (χ1n) is 5.75. The van der Waals surface area contributed by atoms with E-state index in [0.717, 1.165) is 25.3 Å². The molecule has 0 aromatic heterocycles. The number of aliphatic hydroxyl groups excluding tert-OH is 1. The van der Waals surface area contributed by atoms with Crippen LogP contribution in [0.3, 0.4) is 0 Å². The minimum absolute atomic E-state index is 0.260. The van der Waals surface area contributed by atoms with Gasteiger partial charge in [-0.25, -0.2) is 8.78 Å². The molecule has 16 heavy (non-hydrogen) atoms. The van der Waals surface area contributed by atoms with E-state index in [1.807, 2.05) is 0 Å². The summed E-state index contributed by atoms with van der Waals surface area (Å²) in [5, 5.41) is 9.66. The molecule has 1 aromatic rings. The molecule has 0 spiro atoms. The number of hydrogen-bond acceptors (Lipinski definition) is 1. The molecule has 0 bridgehead atoms. The lowest BCUT2D eigenvalue weighted by Gasteiger charge is -2.10. The number of hydrogen-bond donors (Lipinski definition) is 1. The quantitative estimate of drug-likeness (QED) is 0.739. The fourth-order valence-corrected chi connectivity index (χ4v) is 1.67. The Hall–Kier alpha value is -0.960. The second-order valence-electron chi connectivity index (χ2n) is 4.09. The minimum Gasteiger partial charge on any atom is -0.393 e. The highest BCUT2D eigenvalue weighted by Crippen LogP contribution is 2.14. The Morgan fingerprint density at radius 1 is 1.25 bits per heavy atom. The molecule has 1 unspecified atom stereocenters.